The zero-order chi connectivity index (χ0) is 21.4. The Labute approximate surface area is 192 Å². The molecule has 4 aromatic heterocycles. The molecule has 1 amide bonds. The van der Waals surface area contributed by atoms with Crippen molar-refractivity contribution >= 4 is 66.9 Å². The highest BCUT2D eigenvalue weighted by Crippen LogP contribution is 2.33. The average molecular weight is 486 g/mol. The maximum Gasteiger partial charge on any atom is 0.263 e. The van der Waals surface area contributed by atoms with Crippen LogP contribution in [0.3, 0.4) is 0 Å². The summed E-state index contributed by atoms with van der Waals surface area (Å²) in [6.07, 6.45) is 1.40. The fraction of sp³-hybridized carbons (Fsp3) is 0.0500. The van der Waals surface area contributed by atoms with E-state index in [2.05, 4.69) is 20.5 Å². The second-order valence-corrected chi connectivity index (χ2v) is 9.62. The molecule has 0 aliphatic heterocycles. The van der Waals surface area contributed by atoms with Gasteiger partial charge in [-0.1, -0.05) is 47.2 Å². The number of hydrogen-bond donors (Lipinski definition) is 1. The van der Waals surface area contributed by atoms with E-state index in [4.69, 9.17) is 11.6 Å². The van der Waals surface area contributed by atoms with Crippen LogP contribution in [-0.2, 0) is 11.3 Å². The molecular weight excluding hydrogens is 474 g/mol. The molecule has 0 fully saturated rings. The van der Waals surface area contributed by atoms with Crippen molar-refractivity contribution in [1.82, 2.24) is 19.7 Å². The van der Waals surface area contributed by atoms with Crippen molar-refractivity contribution in [2.75, 3.05) is 5.32 Å². The molecule has 31 heavy (non-hydrogen) atoms. The Morgan fingerprint density at radius 3 is 2.77 bits per heavy atom. The van der Waals surface area contributed by atoms with E-state index < -0.39 is 5.91 Å². The van der Waals surface area contributed by atoms with E-state index in [1.165, 1.54) is 33.6 Å². The molecule has 154 valence electrons. The minimum atomic E-state index is -0.391. The van der Waals surface area contributed by atoms with Crippen LogP contribution in [0.15, 0.2) is 58.3 Å². The first-order valence-electron chi connectivity index (χ1n) is 8.99. The van der Waals surface area contributed by atoms with E-state index >= 15 is 0 Å². The number of halogens is 1. The highest BCUT2D eigenvalue weighted by atomic mass is 35.5. The van der Waals surface area contributed by atoms with Crippen molar-refractivity contribution in [2.24, 2.45) is 0 Å². The normalized spacial score (nSPS) is 11.1. The minimum absolute atomic E-state index is 0.178. The standard InChI is InChI=1S/C20H12ClN5O2S3/c21-13-5-2-1-4-11(13)17-24-25-20(31-17)23-15(27)8-26-10-22-18-16(19(26)28)12(9-30-18)14-6-3-7-29-14/h1-7,9-10H,8H2,(H,23,25,27). The molecule has 0 atom stereocenters. The molecule has 1 aromatic carbocycles. The summed E-state index contributed by atoms with van der Waals surface area (Å²) in [5.41, 5.74) is 1.33. The molecule has 7 nitrogen and oxygen atoms in total. The van der Waals surface area contributed by atoms with Crippen LogP contribution in [0.1, 0.15) is 0 Å². The highest BCUT2D eigenvalue weighted by Gasteiger charge is 2.16. The number of carbonyl (C=O) groups excluding carboxylic acids is 1. The third kappa shape index (κ3) is 3.90. The quantitative estimate of drug-likeness (QED) is 0.378. The molecule has 0 aliphatic rings. The summed E-state index contributed by atoms with van der Waals surface area (Å²) in [6.45, 7) is -0.178. The van der Waals surface area contributed by atoms with Crippen LogP contribution >= 0.6 is 45.6 Å². The summed E-state index contributed by atoms with van der Waals surface area (Å²) in [5, 5.41) is 16.7. The fourth-order valence-electron chi connectivity index (χ4n) is 3.02. The van der Waals surface area contributed by atoms with Crippen molar-refractivity contribution in [2.45, 2.75) is 6.54 Å². The second-order valence-electron chi connectivity index (χ2n) is 6.42. The van der Waals surface area contributed by atoms with Gasteiger partial charge in [-0.25, -0.2) is 4.98 Å². The van der Waals surface area contributed by atoms with E-state index in [1.54, 1.807) is 17.4 Å². The molecule has 0 saturated carbocycles. The summed E-state index contributed by atoms with van der Waals surface area (Å²) in [7, 11) is 0. The zero-order valence-corrected chi connectivity index (χ0v) is 18.8. The van der Waals surface area contributed by atoms with Crippen molar-refractivity contribution in [3.05, 3.63) is 68.9 Å². The number of aromatic nitrogens is 4. The monoisotopic (exact) mass is 485 g/mol. The van der Waals surface area contributed by atoms with Gasteiger partial charge in [0.15, 0.2) is 5.01 Å². The van der Waals surface area contributed by atoms with Gasteiger partial charge in [-0.15, -0.1) is 32.9 Å². The van der Waals surface area contributed by atoms with Gasteiger partial charge < -0.3 is 0 Å². The van der Waals surface area contributed by atoms with E-state index in [1.807, 2.05) is 41.1 Å². The largest absolute Gasteiger partial charge is 0.299 e. The number of hydrogen-bond acceptors (Lipinski definition) is 8. The molecule has 0 spiro atoms. The lowest BCUT2D eigenvalue weighted by Crippen LogP contribution is -2.27. The van der Waals surface area contributed by atoms with Crippen molar-refractivity contribution < 1.29 is 4.79 Å². The predicted octanol–water partition coefficient (Wildman–Crippen LogP) is 5.00. The summed E-state index contributed by atoms with van der Waals surface area (Å²) >= 11 is 10.4. The molecule has 11 heteroatoms. The van der Waals surface area contributed by atoms with Crippen molar-refractivity contribution in [3.8, 4) is 21.0 Å². The summed E-state index contributed by atoms with van der Waals surface area (Å²) < 4.78 is 1.30. The van der Waals surface area contributed by atoms with Crippen LogP contribution in [0.2, 0.25) is 5.02 Å². The molecule has 4 heterocycles. The molecular formula is C20H12ClN5O2S3. The second kappa shape index (κ2) is 8.31. The van der Waals surface area contributed by atoms with E-state index in [0.717, 1.165) is 16.0 Å². The number of carbonyl (C=O) groups is 1. The van der Waals surface area contributed by atoms with Crippen molar-refractivity contribution in [3.63, 3.8) is 0 Å². The first kappa shape index (κ1) is 20.0. The smallest absolute Gasteiger partial charge is 0.263 e. The number of thiophene rings is 2. The molecule has 0 saturated heterocycles. The van der Waals surface area contributed by atoms with Crippen LogP contribution in [0, 0.1) is 0 Å². The van der Waals surface area contributed by atoms with Gasteiger partial charge >= 0.3 is 0 Å². The van der Waals surface area contributed by atoms with Gasteiger partial charge in [-0.2, -0.15) is 0 Å². The maximum atomic E-state index is 13.0. The lowest BCUT2D eigenvalue weighted by Gasteiger charge is -2.05. The van der Waals surface area contributed by atoms with E-state index in [0.29, 0.717) is 25.4 Å². The fourth-order valence-corrected chi connectivity index (χ4v) is 5.83. The number of anilines is 1. The zero-order valence-electron chi connectivity index (χ0n) is 15.6. The lowest BCUT2D eigenvalue weighted by atomic mass is 10.2. The SMILES string of the molecule is O=C(Cn1cnc2scc(-c3cccs3)c2c1=O)Nc1nnc(-c2ccccc2Cl)s1. The van der Waals surface area contributed by atoms with E-state index in [-0.39, 0.29) is 12.1 Å². The third-order valence-corrected chi connectivity index (χ3v) is 7.43. The van der Waals surface area contributed by atoms with Crippen LogP contribution in [0.5, 0.6) is 0 Å². The molecule has 5 aromatic rings. The molecule has 5 rings (SSSR count). The Hall–Kier alpha value is -2.92. The average Bonchev–Trinajstić information content (AvgIpc) is 3.50. The summed E-state index contributed by atoms with van der Waals surface area (Å²) in [5.74, 6) is -0.391. The minimum Gasteiger partial charge on any atom is -0.299 e. The van der Waals surface area contributed by atoms with Gasteiger partial charge in [0.25, 0.3) is 5.56 Å². The number of rotatable bonds is 5. The number of nitrogens with zero attached hydrogens (tertiary/aromatic N) is 4. The Balaban J connectivity index is 1.38. The molecule has 0 bridgehead atoms. The Morgan fingerprint density at radius 2 is 1.97 bits per heavy atom. The predicted molar refractivity (Wildman–Crippen MR) is 126 cm³/mol. The molecule has 1 N–H and O–H groups in total. The number of fused-ring (bicyclic) bond motifs is 1. The van der Waals surface area contributed by atoms with Crippen LogP contribution in [0.25, 0.3) is 31.2 Å². The van der Waals surface area contributed by atoms with Gasteiger partial charge in [-0.3, -0.25) is 19.5 Å². The Bertz CT molecular complexity index is 1460. The van der Waals surface area contributed by atoms with Gasteiger partial charge in [0, 0.05) is 21.4 Å². The van der Waals surface area contributed by atoms with Crippen LogP contribution in [-0.4, -0.2) is 25.7 Å². The van der Waals surface area contributed by atoms with Crippen LogP contribution < -0.4 is 10.9 Å². The number of amides is 1. The Kier molecular flexibility index (Phi) is 5.36. The van der Waals surface area contributed by atoms with Gasteiger partial charge in [0.1, 0.15) is 11.4 Å². The first-order chi connectivity index (χ1) is 15.1. The van der Waals surface area contributed by atoms with Crippen molar-refractivity contribution in [1.29, 1.82) is 0 Å². The highest BCUT2D eigenvalue weighted by molar-refractivity contribution is 7.19. The maximum absolute atomic E-state index is 13.0. The topological polar surface area (TPSA) is 89.8 Å². The van der Waals surface area contributed by atoms with Crippen LogP contribution in [0.4, 0.5) is 5.13 Å². The number of nitrogens with one attached hydrogen (secondary N) is 1. The van der Waals surface area contributed by atoms with Gasteiger partial charge in [0.05, 0.1) is 16.7 Å². The molecule has 0 unspecified atom stereocenters. The van der Waals surface area contributed by atoms with Gasteiger partial charge in [0.2, 0.25) is 11.0 Å². The lowest BCUT2D eigenvalue weighted by molar-refractivity contribution is -0.116. The van der Waals surface area contributed by atoms with E-state index in [9.17, 15) is 9.59 Å². The molecule has 0 radical (unpaired) electrons. The first-order valence-corrected chi connectivity index (χ1v) is 11.9. The summed E-state index contributed by atoms with van der Waals surface area (Å²) in [6, 6.07) is 11.2. The Morgan fingerprint density at radius 1 is 1.10 bits per heavy atom. The summed E-state index contributed by atoms with van der Waals surface area (Å²) in [4.78, 5) is 31.6. The molecule has 0 aliphatic carbocycles. The number of benzene rings is 1. The third-order valence-electron chi connectivity index (χ3n) is 4.44. The van der Waals surface area contributed by atoms with Gasteiger partial charge in [-0.05, 0) is 17.5 Å².